The Hall–Kier alpha value is -3.28. The molecule has 0 aliphatic heterocycles. The zero-order chi connectivity index (χ0) is 19.4. The van der Waals surface area contributed by atoms with Gasteiger partial charge in [-0.15, -0.1) is 0 Å². The van der Waals surface area contributed by atoms with Crippen LogP contribution >= 0.6 is 0 Å². The van der Waals surface area contributed by atoms with Crippen molar-refractivity contribution in [2.24, 2.45) is 0 Å². The van der Waals surface area contributed by atoms with E-state index < -0.39 is 5.97 Å². The van der Waals surface area contributed by atoms with Crippen LogP contribution in [0.25, 0.3) is 11.0 Å². The van der Waals surface area contributed by atoms with Gasteiger partial charge in [0.1, 0.15) is 22.7 Å². The van der Waals surface area contributed by atoms with Crippen LogP contribution < -0.4 is 10.1 Å². The van der Waals surface area contributed by atoms with Crippen LogP contribution in [0.4, 0.5) is 5.69 Å². The molecule has 0 unspecified atom stereocenters. The molecule has 27 heavy (non-hydrogen) atoms. The van der Waals surface area contributed by atoms with Gasteiger partial charge in [-0.05, 0) is 50.6 Å². The maximum absolute atomic E-state index is 12.2. The van der Waals surface area contributed by atoms with Crippen molar-refractivity contribution >= 4 is 28.5 Å². The Kier molecular flexibility index (Phi) is 5.45. The molecule has 3 aromatic rings. The number of fused-ring (bicyclic) bond motifs is 1. The highest BCUT2D eigenvalue weighted by molar-refractivity contribution is 6.05. The summed E-state index contributed by atoms with van der Waals surface area (Å²) in [6.45, 7) is 5.51. The van der Waals surface area contributed by atoms with Crippen molar-refractivity contribution in [1.82, 2.24) is 0 Å². The molecule has 1 amide bonds. The van der Waals surface area contributed by atoms with Gasteiger partial charge in [0.25, 0.3) is 5.91 Å². The zero-order valence-electron chi connectivity index (χ0n) is 15.5. The second-order valence-corrected chi connectivity index (χ2v) is 6.06. The summed E-state index contributed by atoms with van der Waals surface area (Å²) in [5.74, 6) is 0.244. The first-order valence-corrected chi connectivity index (χ1v) is 8.68. The molecule has 1 heterocycles. The van der Waals surface area contributed by atoms with Gasteiger partial charge in [0, 0.05) is 11.1 Å². The van der Waals surface area contributed by atoms with E-state index in [2.05, 4.69) is 5.32 Å². The van der Waals surface area contributed by atoms with E-state index in [9.17, 15) is 9.59 Å². The van der Waals surface area contributed by atoms with E-state index in [0.717, 1.165) is 11.3 Å². The number of carbonyl (C=O) groups excluding carboxylic acids is 2. The first kappa shape index (κ1) is 18.5. The van der Waals surface area contributed by atoms with Gasteiger partial charge < -0.3 is 19.2 Å². The smallest absolute Gasteiger partial charge is 0.342 e. The maximum atomic E-state index is 12.2. The molecule has 0 aliphatic rings. The minimum Gasteiger partial charge on any atom is -0.484 e. The maximum Gasteiger partial charge on any atom is 0.342 e. The van der Waals surface area contributed by atoms with Gasteiger partial charge in [-0.25, -0.2) is 4.79 Å². The number of hydrogen-bond donors (Lipinski definition) is 1. The highest BCUT2D eigenvalue weighted by Gasteiger charge is 2.20. The van der Waals surface area contributed by atoms with Crippen molar-refractivity contribution in [2.45, 2.75) is 20.8 Å². The number of amides is 1. The third-order valence-corrected chi connectivity index (χ3v) is 4.10. The predicted octanol–water partition coefficient (Wildman–Crippen LogP) is 4.24. The molecule has 1 aromatic heterocycles. The largest absolute Gasteiger partial charge is 0.484 e. The van der Waals surface area contributed by atoms with Crippen LogP contribution in [0.5, 0.6) is 5.75 Å². The number of hydrogen-bond acceptors (Lipinski definition) is 5. The quantitative estimate of drug-likeness (QED) is 0.659. The highest BCUT2D eigenvalue weighted by atomic mass is 16.5. The number of benzene rings is 2. The van der Waals surface area contributed by atoms with Gasteiger partial charge in [0.2, 0.25) is 0 Å². The van der Waals surface area contributed by atoms with Gasteiger partial charge in [-0.2, -0.15) is 0 Å². The zero-order valence-corrected chi connectivity index (χ0v) is 15.5. The second-order valence-electron chi connectivity index (χ2n) is 6.06. The molecule has 0 bridgehead atoms. The van der Waals surface area contributed by atoms with Gasteiger partial charge >= 0.3 is 5.97 Å². The fourth-order valence-corrected chi connectivity index (χ4v) is 2.79. The molecular formula is C21H21NO5. The standard InChI is InChI=1S/C21H21NO5/c1-4-25-21(24)20-14(3)27-18-10-9-15(11-16(18)20)26-12-19(23)22-17-8-6-5-7-13(17)2/h5-11H,4,12H2,1-3H3,(H,22,23). The molecule has 0 aliphatic carbocycles. The molecular weight excluding hydrogens is 346 g/mol. The van der Waals surface area contributed by atoms with Gasteiger partial charge in [0.15, 0.2) is 6.61 Å². The van der Waals surface area contributed by atoms with Crippen molar-refractivity contribution in [2.75, 3.05) is 18.5 Å². The Bertz CT molecular complexity index is 989. The lowest BCUT2D eigenvalue weighted by Crippen LogP contribution is -2.20. The van der Waals surface area contributed by atoms with Crippen LogP contribution in [0.15, 0.2) is 46.9 Å². The SMILES string of the molecule is CCOC(=O)c1c(C)oc2ccc(OCC(=O)Nc3ccccc3C)cc12. The third kappa shape index (κ3) is 4.11. The van der Waals surface area contributed by atoms with Crippen molar-refractivity contribution in [3.8, 4) is 5.75 Å². The summed E-state index contributed by atoms with van der Waals surface area (Å²) in [6, 6.07) is 12.6. The first-order chi connectivity index (χ1) is 13.0. The minimum absolute atomic E-state index is 0.147. The summed E-state index contributed by atoms with van der Waals surface area (Å²) in [7, 11) is 0. The lowest BCUT2D eigenvalue weighted by molar-refractivity contribution is -0.118. The van der Waals surface area contributed by atoms with Crippen LogP contribution in [-0.4, -0.2) is 25.1 Å². The van der Waals surface area contributed by atoms with Gasteiger partial charge in [-0.1, -0.05) is 18.2 Å². The number of ether oxygens (including phenoxy) is 2. The van der Waals surface area contributed by atoms with Crippen molar-refractivity contribution in [3.05, 3.63) is 59.4 Å². The molecule has 0 fully saturated rings. The summed E-state index contributed by atoms with van der Waals surface area (Å²) in [6.07, 6.45) is 0. The number of aryl methyl sites for hydroxylation is 2. The number of furan rings is 1. The Morgan fingerprint density at radius 1 is 1.11 bits per heavy atom. The van der Waals surface area contributed by atoms with E-state index in [-0.39, 0.29) is 19.1 Å². The first-order valence-electron chi connectivity index (χ1n) is 8.68. The fourth-order valence-electron chi connectivity index (χ4n) is 2.79. The van der Waals surface area contributed by atoms with Crippen LogP contribution in [0.2, 0.25) is 0 Å². The van der Waals surface area contributed by atoms with Crippen LogP contribution in [0.3, 0.4) is 0 Å². The van der Waals surface area contributed by atoms with Crippen molar-refractivity contribution in [1.29, 1.82) is 0 Å². The normalized spacial score (nSPS) is 10.6. The van der Waals surface area contributed by atoms with E-state index in [1.807, 2.05) is 31.2 Å². The second kappa shape index (κ2) is 7.95. The molecule has 6 nitrogen and oxygen atoms in total. The molecule has 0 atom stereocenters. The summed E-state index contributed by atoms with van der Waals surface area (Å²) in [5.41, 5.74) is 2.66. The molecule has 1 N–H and O–H groups in total. The number of rotatable bonds is 6. The Morgan fingerprint density at radius 2 is 1.89 bits per heavy atom. The Labute approximate surface area is 157 Å². The van der Waals surface area contributed by atoms with Gasteiger partial charge in [0.05, 0.1) is 6.61 Å². The lowest BCUT2D eigenvalue weighted by Gasteiger charge is -2.09. The molecule has 2 aromatic carbocycles. The van der Waals surface area contributed by atoms with Crippen LogP contribution in [0, 0.1) is 13.8 Å². The van der Waals surface area contributed by atoms with Crippen molar-refractivity contribution in [3.63, 3.8) is 0 Å². The molecule has 6 heteroatoms. The third-order valence-electron chi connectivity index (χ3n) is 4.10. The topological polar surface area (TPSA) is 77.8 Å². The Balaban J connectivity index is 1.73. The van der Waals surface area contributed by atoms with E-state index in [1.54, 1.807) is 32.0 Å². The molecule has 0 spiro atoms. The molecule has 3 rings (SSSR count). The number of nitrogens with one attached hydrogen (secondary N) is 1. The number of esters is 1. The minimum atomic E-state index is -0.441. The van der Waals surface area contributed by atoms with E-state index >= 15 is 0 Å². The number of anilines is 1. The lowest BCUT2D eigenvalue weighted by atomic mass is 10.1. The summed E-state index contributed by atoms with van der Waals surface area (Å²) in [5, 5.41) is 3.41. The molecule has 140 valence electrons. The molecule has 0 saturated heterocycles. The number of para-hydroxylation sites is 1. The summed E-state index contributed by atoms with van der Waals surface area (Å²) < 4.78 is 16.3. The van der Waals surface area contributed by atoms with E-state index in [4.69, 9.17) is 13.9 Å². The average Bonchev–Trinajstić information content (AvgIpc) is 2.97. The van der Waals surface area contributed by atoms with Crippen LogP contribution in [0.1, 0.15) is 28.6 Å². The molecule has 0 radical (unpaired) electrons. The van der Waals surface area contributed by atoms with E-state index in [0.29, 0.717) is 28.0 Å². The monoisotopic (exact) mass is 367 g/mol. The molecule has 0 saturated carbocycles. The summed E-state index contributed by atoms with van der Waals surface area (Å²) in [4.78, 5) is 24.3. The Morgan fingerprint density at radius 3 is 2.63 bits per heavy atom. The average molecular weight is 367 g/mol. The number of carbonyl (C=O) groups is 2. The van der Waals surface area contributed by atoms with Crippen LogP contribution in [-0.2, 0) is 9.53 Å². The predicted molar refractivity (Wildman–Crippen MR) is 102 cm³/mol. The summed E-state index contributed by atoms with van der Waals surface area (Å²) >= 11 is 0. The van der Waals surface area contributed by atoms with E-state index in [1.165, 1.54) is 0 Å². The van der Waals surface area contributed by atoms with Gasteiger partial charge in [-0.3, -0.25) is 4.79 Å². The van der Waals surface area contributed by atoms with Crippen molar-refractivity contribution < 1.29 is 23.5 Å². The highest BCUT2D eigenvalue weighted by Crippen LogP contribution is 2.29. The fraction of sp³-hybridized carbons (Fsp3) is 0.238.